The van der Waals surface area contributed by atoms with Crippen LogP contribution in [-0.4, -0.2) is 111 Å². The molecule has 2 amide bonds. The maximum atomic E-state index is 13.0. The van der Waals surface area contributed by atoms with Crippen LogP contribution < -0.4 is 0 Å². The average molecular weight is 493 g/mol. The van der Waals surface area contributed by atoms with E-state index in [2.05, 4.69) is 4.90 Å². The number of ether oxygens (including phenoxy) is 1. The van der Waals surface area contributed by atoms with Crippen molar-refractivity contribution in [2.24, 2.45) is 0 Å². The van der Waals surface area contributed by atoms with Crippen molar-refractivity contribution in [2.45, 2.75) is 43.0 Å². The highest BCUT2D eigenvalue weighted by Gasteiger charge is 2.30. The number of hydrogen-bond acceptors (Lipinski definition) is 6. The molecule has 0 aromatic heterocycles. The number of carbonyl (C=O) groups excluding carboxylic acids is 2. The first-order valence-electron chi connectivity index (χ1n) is 12.3. The standard InChI is InChI=1S/C24H36N4O5S/c1-25(21-5-3-2-4-6-21)34(31,32)22-9-7-20(8-10-22)24(30)28-13-11-27(12-14-28)23(29)19-26-15-17-33-18-16-26/h7-10,21H,2-6,11-19H2,1H3. The average Bonchev–Trinajstić information content (AvgIpc) is 2.89. The van der Waals surface area contributed by atoms with Gasteiger partial charge in [-0.15, -0.1) is 0 Å². The zero-order chi connectivity index (χ0) is 24.1. The van der Waals surface area contributed by atoms with Crippen LogP contribution in [0.25, 0.3) is 0 Å². The van der Waals surface area contributed by atoms with Gasteiger partial charge in [-0.2, -0.15) is 4.31 Å². The van der Waals surface area contributed by atoms with Crippen LogP contribution in [0.3, 0.4) is 0 Å². The van der Waals surface area contributed by atoms with Crippen LogP contribution >= 0.6 is 0 Å². The minimum absolute atomic E-state index is 0.0438. The van der Waals surface area contributed by atoms with Gasteiger partial charge in [-0.3, -0.25) is 14.5 Å². The van der Waals surface area contributed by atoms with E-state index in [0.29, 0.717) is 51.5 Å². The fraction of sp³-hybridized carbons (Fsp3) is 0.667. The van der Waals surface area contributed by atoms with E-state index < -0.39 is 10.0 Å². The van der Waals surface area contributed by atoms with E-state index >= 15 is 0 Å². The number of amides is 2. The smallest absolute Gasteiger partial charge is 0.253 e. The highest BCUT2D eigenvalue weighted by molar-refractivity contribution is 7.89. The van der Waals surface area contributed by atoms with Crippen LogP contribution in [0.1, 0.15) is 42.5 Å². The third-order valence-corrected chi connectivity index (χ3v) is 9.17. The SMILES string of the molecule is CN(C1CCCCC1)S(=O)(=O)c1ccc(C(=O)N2CCN(C(=O)CN3CCOCC3)CC2)cc1. The van der Waals surface area contributed by atoms with Gasteiger partial charge in [0.2, 0.25) is 15.9 Å². The number of nitrogens with zero attached hydrogens (tertiary/aromatic N) is 4. The van der Waals surface area contributed by atoms with E-state index in [0.717, 1.165) is 45.2 Å². The maximum absolute atomic E-state index is 13.0. The zero-order valence-electron chi connectivity index (χ0n) is 20.0. The molecule has 2 heterocycles. The van der Waals surface area contributed by atoms with Crippen LogP contribution in [0.4, 0.5) is 0 Å². The Hall–Kier alpha value is -2.01. The Balaban J connectivity index is 1.31. The first-order valence-corrected chi connectivity index (χ1v) is 13.8. The van der Waals surface area contributed by atoms with Crippen LogP contribution in [-0.2, 0) is 19.6 Å². The molecular weight excluding hydrogens is 456 g/mol. The molecule has 10 heteroatoms. The molecular formula is C24H36N4O5S. The molecule has 0 unspecified atom stereocenters. The second-order valence-corrected chi connectivity index (χ2v) is 11.4. The molecule has 3 aliphatic rings. The van der Waals surface area contributed by atoms with Crippen molar-refractivity contribution < 1.29 is 22.7 Å². The number of morpholine rings is 1. The predicted octanol–water partition coefficient (Wildman–Crippen LogP) is 1.26. The predicted molar refractivity (Wildman–Crippen MR) is 128 cm³/mol. The topological polar surface area (TPSA) is 90.5 Å². The summed E-state index contributed by atoms with van der Waals surface area (Å²) in [6.07, 6.45) is 5.08. The molecule has 1 aromatic rings. The lowest BCUT2D eigenvalue weighted by Gasteiger charge is -2.36. The van der Waals surface area contributed by atoms with Crippen molar-refractivity contribution in [3.05, 3.63) is 29.8 Å². The van der Waals surface area contributed by atoms with E-state index in [4.69, 9.17) is 4.74 Å². The Bertz CT molecular complexity index is 948. The van der Waals surface area contributed by atoms with Crippen molar-refractivity contribution in [3.8, 4) is 0 Å². The summed E-state index contributed by atoms with van der Waals surface area (Å²) < 4.78 is 32.9. The molecule has 1 saturated carbocycles. The number of carbonyl (C=O) groups is 2. The monoisotopic (exact) mass is 492 g/mol. The van der Waals surface area contributed by atoms with E-state index in [9.17, 15) is 18.0 Å². The van der Waals surface area contributed by atoms with E-state index in [-0.39, 0.29) is 22.8 Å². The molecule has 2 aliphatic heterocycles. The van der Waals surface area contributed by atoms with Gasteiger partial charge in [0.15, 0.2) is 0 Å². The summed E-state index contributed by atoms with van der Waals surface area (Å²) in [6, 6.07) is 6.30. The van der Waals surface area contributed by atoms with Gasteiger partial charge in [-0.1, -0.05) is 19.3 Å². The minimum atomic E-state index is -3.58. The molecule has 4 rings (SSSR count). The molecule has 3 fully saturated rings. The molecule has 0 N–H and O–H groups in total. The zero-order valence-corrected chi connectivity index (χ0v) is 20.8. The molecule has 0 spiro atoms. The Kier molecular flexibility index (Phi) is 8.23. The van der Waals surface area contributed by atoms with Crippen LogP contribution in [0.5, 0.6) is 0 Å². The summed E-state index contributed by atoms with van der Waals surface area (Å²) in [6.45, 7) is 5.21. The van der Waals surface area contributed by atoms with Gasteiger partial charge < -0.3 is 14.5 Å². The van der Waals surface area contributed by atoms with Gasteiger partial charge in [0, 0.05) is 57.9 Å². The lowest BCUT2D eigenvalue weighted by Crippen LogP contribution is -2.53. The van der Waals surface area contributed by atoms with Crippen molar-refractivity contribution in [1.82, 2.24) is 19.0 Å². The maximum Gasteiger partial charge on any atom is 0.253 e. The third-order valence-electron chi connectivity index (χ3n) is 7.25. The summed E-state index contributed by atoms with van der Waals surface area (Å²) in [4.78, 5) is 31.4. The molecule has 0 atom stereocenters. The molecule has 34 heavy (non-hydrogen) atoms. The molecule has 9 nitrogen and oxygen atoms in total. The Labute approximate surface area is 202 Å². The fourth-order valence-corrected chi connectivity index (χ4v) is 6.38. The summed E-state index contributed by atoms with van der Waals surface area (Å²) in [7, 11) is -1.93. The van der Waals surface area contributed by atoms with Gasteiger partial charge in [0.25, 0.3) is 5.91 Å². The Morgan fingerprint density at radius 3 is 2.12 bits per heavy atom. The summed E-state index contributed by atoms with van der Waals surface area (Å²) in [5, 5.41) is 0. The largest absolute Gasteiger partial charge is 0.379 e. The summed E-state index contributed by atoms with van der Waals surface area (Å²) >= 11 is 0. The molecule has 188 valence electrons. The minimum Gasteiger partial charge on any atom is -0.379 e. The van der Waals surface area contributed by atoms with Crippen molar-refractivity contribution in [2.75, 3.05) is 66.1 Å². The number of sulfonamides is 1. The molecule has 1 aromatic carbocycles. The van der Waals surface area contributed by atoms with E-state index in [1.807, 2.05) is 4.90 Å². The molecule has 0 radical (unpaired) electrons. The highest BCUT2D eigenvalue weighted by Crippen LogP contribution is 2.26. The van der Waals surface area contributed by atoms with Crippen molar-refractivity contribution in [1.29, 1.82) is 0 Å². The van der Waals surface area contributed by atoms with Gasteiger partial charge in [0.05, 0.1) is 24.7 Å². The first-order chi connectivity index (χ1) is 16.4. The summed E-state index contributed by atoms with van der Waals surface area (Å²) in [5.74, 6) is -0.0458. The van der Waals surface area contributed by atoms with E-state index in [1.54, 1.807) is 24.1 Å². The van der Waals surface area contributed by atoms with Gasteiger partial charge in [-0.05, 0) is 37.1 Å². The number of piperazine rings is 1. The first kappa shape index (κ1) is 25.1. The van der Waals surface area contributed by atoms with E-state index in [1.165, 1.54) is 16.4 Å². The highest BCUT2D eigenvalue weighted by atomic mass is 32.2. The Morgan fingerprint density at radius 2 is 1.50 bits per heavy atom. The lowest BCUT2D eigenvalue weighted by molar-refractivity contribution is -0.134. The lowest BCUT2D eigenvalue weighted by atomic mass is 9.96. The number of rotatable bonds is 6. The normalized spacial score (nSPS) is 21.1. The van der Waals surface area contributed by atoms with Gasteiger partial charge >= 0.3 is 0 Å². The number of hydrogen-bond donors (Lipinski definition) is 0. The fourth-order valence-electron chi connectivity index (χ4n) is 4.97. The second-order valence-electron chi connectivity index (χ2n) is 9.40. The van der Waals surface area contributed by atoms with Crippen LogP contribution in [0.15, 0.2) is 29.2 Å². The molecule has 2 saturated heterocycles. The summed E-state index contributed by atoms with van der Waals surface area (Å²) in [5.41, 5.74) is 0.465. The number of benzene rings is 1. The van der Waals surface area contributed by atoms with Gasteiger partial charge in [0.1, 0.15) is 0 Å². The third kappa shape index (κ3) is 5.79. The molecule has 0 bridgehead atoms. The van der Waals surface area contributed by atoms with Crippen molar-refractivity contribution in [3.63, 3.8) is 0 Å². The van der Waals surface area contributed by atoms with Crippen molar-refractivity contribution >= 4 is 21.8 Å². The van der Waals surface area contributed by atoms with Crippen LogP contribution in [0.2, 0.25) is 0 Å². The van der Waals surface area contributed by atoms with Crippen LogP contribution in [0, 0.1) is 0 Å². The Morgan fingerprint density at radius 1 is 0.912 bits per heavy atom. The molecule has 1 aliphatic carbocycles. The van der Waals surface area contributed by atoms with Gasteiger partial charge in [-0.25, -0.2) is 8.42 Å². The quantitative estimate of drug-likeness (QED) is 0.594. The second kappa shape index (κ2) is 11.2.